The van der Waals surface area contributed by atoms with Gasteiger partial charge in [0.25, 0.3) is 0 Å². The zero-order chi connectivity index (χ0) is 30.4. The Morgan fingerprint density at radius 1 is 0.930 bits per heavy atom. The average molecular weight is 598 g/mol. The highest BCUT2D eigenvalue weighted by Gasteiger charge is 2.67. The number of quaternary nitrogens is 1. The van der Waals surface area contributed by atoms with Gasteiger partial charge in [0.1, 0.15) is 12.1 Å². The summed E-state index contributed by atoms with van der Waals surface area (Å²) in [6, 6.07) is 0.732. The van der Waals surface area contributed by atoms with Gasteiger partial charge in [-0.05, 0) is 119 Å². The van der Waals surface area contributed by atoms with Crippen LogP contribution in [-0.4, -0.2) is 78.3 Å². The van der Waals surface area contributed by atoms with E-state index < -0.39 is 0 Å². The molecule has 242 valence electrons. The predicted molar refractivity (Wildman–Crippen MR) is 170 cm³/mol. The monoisotopic (exact) mass is 597 g/mol. The van der Waals surface area contributed by atoms with Crippen molar-refractivity contribution < 1.29 is 23.5 Å². The minimum absolute atomic E-state index is 0.00446. The maximum Gasteiger partial charge on any atom is 0.305 e. The Hall–Kier alpha value is -1.40. The molecular weight excluding hydrogens is 536 g/mol. The van der Waals surface area contributed by atoms with Crippen LogP contribution in [0.1, 0.15) is 118 Å². The Kier molecular flexibility index (Phi) is 9.12. The standard InChI is InChI=1S/C37H61N2O4/c1-6-20-39(21-12-9-13-22-39)32-24-30-28-15-14-27-23-33(43-34(41)7-2)31(38-18-10-8-11-19-38)25-37(27,5)29(28)16-17-36(30,4)35(32)42-26(3)40/h6,27-33,35H,1,7-25H2,2-5H3/q+1/t27?,28-,29-,30+,31?,32?,33?,35?,36+,37+/m1/s1. The van der Waals surface area contributed by atoms with Crippen molar-refractivity contribution in [2.45, 2.75) is 142 Å². The van der Waals surface area contributed by atoms with Gasteiger partial charge in [-0.25, -0.2) is 0 Å². The summed E-state index contributed by atoms with van der Waals surface area (Å²) in [5.41, 5.74) is 0.319. The number of carbonyl (C=O) groups excluding carboxylic acids is 2. The number of ether oxygens (including phenoxy) is 2. The molecule has 6 aliphatic rings. The molecule has 0 aromatic rings. The molecule has 4 aliphatic carbocycles. The Bertz CT molecular complexity index is 1030. The fourth-order valence-corrected chi connectivity index (χ4v) is 12.2. The predicted octanol–water partition coefficient (Wildman–Crippen LogP) is 6.91. The topological polar surface area (TPSA) is 55.8 Å². The third kappa shape index (κ3) is 5.53. The summed E-state index contributed by atoms with van der Waals surface area (Å²) in [7, 11) is 0. The minimum atomic E-state index is -0.104. The second-order valence-corrected chi connectivity index (χ2v) is 16.2. The number of hydrogen-bond donors (Lipinski definition) is 0. The first-order valence-electron chi connectivity index (χ1n) is 18.2. The van der Waals surface area contributed by atoms with E-state index in [-0.39, 0.29) is 35.0 Å². The van der Waals surface area contributed by atoms with Crippen LogP contribution >= 0.6 is 0 Å². The molecule has 2 saturated heterocycles. The Balaban J connectivity index is 1.30. The van der Waals surface area contributed by atoms with Gasteiger partial charge in [-0.2, -0.15) is 0 Å². The van der Waals surface area contributed by atoms with Gasteiger partial charge >= 0.3 is 11.9 Å². The van der Waals surface area contributed by atoms with Crippen LogP contribution in [-0.2, 0) is 19.1 Å². The highest BCUT2D eigenvalue weighted by molar-refractivity contribution is 5.69. The minimum Gasteiger partial charge on any atom is -0.461 e. The van der Waals surface area contributed by atoms with Crippen molar-refractivity contribution in [1.82, 2.24) is 4.90 Å². The van der Waals surface area contributed by atoms with E-state index in [9.17, 15) is 9.59 Å². The van der Waals surface area contributed by atoms with E-state index in [4.69, 9.17) is 9.47 Å². The molecule has 6 heteroatoms. The quantitative estimate of drug-likeness (QED) is 0.181. The molecule has 0 aromatic heterocycles. The van der Waals surface area contributed by atoms with Gasteiger partial charge in [0.2, 0.25) is 0 Å². The Labute approximate surface area is 261 Å². The first-order chi connectivity index (χ1) is 20.6. The summed E-state index contributed by atoms with van der Waals surface area (Å²) in [5, 5.41) is 0. The number of rotatable bonds is 7. The maximum absolute atomic E-state index is 12.7. The van der Waals surface area contributed by atoms with Crippen molar-refractivity contribution in [1.29, 1.82) is 0 Å². The first-order valence-corrected chi connectivity index (χ1v) is 18.2. The summed E-state index contributed by atoms with van der Waals surface area (Å²) >= 11 is 0. The lowest BCUT2D eigenvalue weighted by atomic mass is 9.44. The van der Waals surface area contributed by atoms with E-state index in [1.807, 2.05) is 6.92 Å². The van der Waals surface area contributed by atoms with Crippen molar-refractivity contribution in [2.75, 3.05) is 32.7 Å². The van der Waals surface area contributed by atoms with Crippen molar-refractivity contribution in [3.05, 3.63) is 12.7 Å². The van der Waals surface area contributed by atoms with Crippen LogP contribution in [0.3, 0.4) is 0 Å². The van der Waals surface area contributed by atoms with Crippen LogP contribution in [0.4, 0.5) is 0 Å². The van der Waals surface area contributed by atoms with Crippen LogP contribution < -0.4 is 0 Å². The number of carbonyl (C=O) groups is 2. The molecule has 5 unspecified atom stereocenters. The summed E-state index contributed by atoms with van der Waals surface area (Å²) < 4.78 is 13.8. The van der Waals surface area contributed by atoms with E-state index in [1.165, 1.54) is 77.3 Å². The average Bonchev–Trinajstić information content (AvgIpc) is 3.30. The smallest absolute Gasteiger partial charge is 0.305 e. The van der Waals surface area contributed by atoms with Crippen LogP contribution in [0, 0.1) is 34.5 Å². The second kappa shape index (κ2) is 12.4. The number of hydrogen-bond acceptors (Lipinski definition) is 5. The lowest BCUT2D eigenvalue weighted by Crippen LogP contribution is -2.63. The van der Waals surface area contributed by atoms with E-state index in [2.05, 4.69) is 31.4 Å². The van der Waals surface area contributed by atoms with E-state index >= 15 is 0 Å². The highest BCUT2D eigenvalue weighted by Crippen LogP contribution is 2.68. The van der Waals surface area contributed by atoms with Crippen molar-refractivity contribution in [2.24, 2.45) is 34.5 Å². The zero-order valence-electron chi connectivity index (χ0n) is 27.9. The highest BCUT2D eigenvalue weighted by atomic mass is 16.5. The Morgan fingerprint density at radius 2 is 1.65 bits per heavy atom. The van der Waals surface area contributed by atoms with Crippen LogP contribution in [0.15, 0.2) is 12.7 Å². The summed E-state index contributed by atoms with van der Waals surface area (Å²) in [4.78, 5) is 28.0. The van der Waals surface area contributed by atoms with Crippen LogP contribution in [0.2, 0.25) is 0 Å². The third-order valence-electron chi connectivity index (χ3n) is 14.2. The summed E-state index contributed by atoms with van der Waals surface area (Å²) in [6.07, 6.45) is 18.7. The molecule has 0 amide bonds. The first kappa shape index (κ1) is 31.6. The zero-order valence-corrected chi connectivity index (χ0v) is 27.9. The number of nitrogens with zero attached hydrogens (tertiary/aromatic N) is 2. The number of likely N-dealkylation sites (tertiary alicyclic amines) is 2. The molecule has 0 radical (unpaired) electrons. The molecule has 43 heavy (non-hydrogen) atoms. The number of esters is 2. The molecule has 0 N–H and O–H groups in total. The maximum atomic E-state index is 12.7. The second-order valence-electron chi connectivity index (χ2n) is 16.2. The molecule has 6 nitrogen and oxygen atoms in total. The summed E-state index contributed by atoms with van der Waals surface area (Å²) in [6.45, 7) is 18.6. The van der Waals surface area contributed by atoms with Gasteiger partial charge in [0.05, 0.1) is 19.6 Å². The molecule has 6 rings (SSSR count). The van der Waals surface area contributed by atoms with Crippen molar-refractivity contribution in [3.8, 4) is 0 Å². The van der Waals surface area contributed by atoms with Gasteiger partial charge in [0, 0.05) is 31.2 Å². The van der Waals surface area contributed by atoms with Gasteiger partial charge in [-0.15, -0.1) is 0 Å². The molecule has 4 saturated carbocycles. The van der Waals surface area contributed by atoms with Crippen molar-refractivity contribution >= 4 is 11.9 Å². The van der Waals surface area contributed by atoms with E-state index in [0.717, 1.165) is 43.4 Å². The molecule has 2 heterocycles. The molecule has 0 bridgehead atoms. The van der Waals surface area contributed by atoms with Gasteiger partial charge < -0.3 is 14.0 Å². The number of fused-ring (bicyclic) bond motifs is 5. The van der Waals surface area contributed by atoms with Gasteiger partial charge in [0.15, 0.2) is 6.10 Å². The fraction of sp³-hybridized carbons (Fsp3) is 0.892. The largest absolute Gasteiger partial charge is 0.461 e. The van der Waals surface area contributed by atoms with Crippen LogP contribution in [0.25, 0.3) is 0 Å². The molecule has 0 spiro atoms. The normalized spacial score (nSPS) is 44.4. The SMILES string of the molecule is C=CC[N+]1(C2C[C@H]3[C@@H]4CCC5CC(OC(=O)CC)C(N6CCCCC6)C[C@]5(C)[C@@H]4CC[C@]3(C)C2OC(C)=O)CCCCC1. The third-order valence-corrected chi connectivity index (χ3v) is 14.2. The van der Waals surface area contributed by atoms with E-state index in [1.54, 1.807) is 6.92 Å². The van der Waals surface area contributed by atoms with Crippen molar-refractivity contribution in [3.63, 3.8) is 0 Å². The molecule has 2 aliphatic heterocycles. The summed E-state index contributed by atoms with van der Waals surface area (Å²) in [5.74, 6) is 2.48. The molecular formula is C37H61N2O4+. The molecule has 10 atom stereocenters. The fourth-order valence-electron chi connectivity index (χ4n) is 12.2. The Morgan fingerprint density at radius 3 is 2.33 bits per heavy atom. The lowest BCUT2D eigenvalue weighted by Gasteiger charge is -2.62. The van der Waals surface area contributed by atoms with Gasteiger partial charge in [-0.3, -0.25) is 14.5 Å². The van der Waals surface area contributed by atoms with Gasteiger partial charge in [-0.1, -0.05) is 33.8 Å². The van der Waals surface area contributed by atoms with Crippen LogP contribution in [0.5, 0.6) is 0 Å². The molecule has 0 aromatic carbocycles. The van der Waals surface area contributed by atoms with E-state index in [0.29, 0.717) is 42.2 Å². The number of piperidine rings is 2. The lowest BCUT2D eigenvalue weighted by molar-refractivity contribution is -0.952. The molecule has 6 fully saturated rings.